The first-order chi connectivity index (χ1) is 7.95. The van der Waals surface area contributed by atoms with E-state index < -0.39 is 18.1 Å². The summed E-state index contributed by atoms with van der Waals surface area (Å²) in [6.45, 7) is -0.323. The van der Waals surface area contributed by atoms with Crippen LogP contribution >= 0.6 is 11.6 Å². The number of benzene rings is 1. The molecule has 0 aliphatic carbocycles. The summed E-state index contributed by atoms with van der Waals surface area (Å²) < 4.78 is 0. The lowest BCUT2D eigenvalue weighted by atomic mass is 9.97. The topological polar surface area (TPSA) is 104 Å². The monoisotopic (exact) mass is 259 g/mol. The molecule has 1 aromatic carbocycles. The van der Waals surface area contributed by atoms with Crippen LogP contribution in [0.2, 0.25) is 5.02 Å². The average Bonchev–Trinajstić information content (AvgIpc) is 2.27. The minimum absolute atomic E-state index is 0.323. The van der Waals surface area contributed by atoms with Crippen molar-refractivity contribution in [2.45, 2.75) is 25.2 Å². The number of aliphatic hydroxyl groups is 3. The fourth-order valence-corrected chi connectivity index (χ4v) is 1.72. The fraction of sp³-hybridized carbons (Fsp3) is 0.364. The summed E-state index contributed by atoms with van der Waals surface area (Å²) in [4.78, 5) is 10.6. The minimum Gasteiger partial charge on any atom is -0.392 e. The van der Waals surface area contributed by atoms with Crippen molar-refractivity contribution in [2.24, 2.45) is 5.73 Å². The summed E-state index contributed by atoms with van der Waals surface area (Å²) in [5.41, 5.74) is 5.64. The van der Waals surface area contributed by atoms with Gasteiger partial charge in [0.05, 0.1) is 19.1 Å². The molecule has 5 nitrogen and oxygen atoms in total. The van der Waals surface area contributed by atoms with Crippen LogP contribution in [-0.4, -0.2) is 27.3 Å². The summed E-state index contributed by atoms with van der Waals surface area (Å²) in [6.07, 6.45) is -2.95. The van der Waals surface area contributed by atoms with Crippen molar-refractivity contribution in [3.63, 3.8) is 0 Å². The molecule has 0 heterocycles. The molecule has 5 N–H and O–H groups in total. The van der Waals surface area contributed by atoms with Crippen LogP contribution in [0.5, 0.6) is 0 Å². The predicted molar refractivity (Wildman–Crippen MR) is 62.2 cm³/mol. The van der Waals surface area contributed by atoms with E-state index >= 15 is 0 Å². The van der Waals surface area contributed by atoms with Crippen LogP contribution in [0.3, 0.4) is 0 Å². The number of carbonyl (C=O) groups is 1. The molecule has 0 aliphatic rings. The molecular formula is C11H14ClNO4. The second-order valence-corrected chi connectivity index (χ2v) is 4.12. The Kier molecular flexibility index (Phi) is 4.89. The number of aliphatic hydroxyl groups excluding tert-OH is 3. The van der Waals surface area contributed by atoms with Crippen LogP contribution in [0.25, 0.3) is 0 Å². The van der Waals surface area contributed by atoms with Gasteiger partial charge in [-0.3, -0.25) is 4.79 Å². The average molecular weight is 260 g/mol. The van der Waals surface area contributed by atoms with Crippen LogP contribution < -0.4 is 5.73 Å². The van der Waals surface area contributed by atoms with Crippen molar-refractivity contribution in [2.75, 3.05) is 0 Å². The van der Waals surface area contributed by atoms with E-state index in [0.717, 1.165) is 0 Å². The predicted octanol–water partition coefficient (Wildman–Crippen LogP) is 0.102. The highest BCUT2D eigenvalue weighted by Gasteiger charge is 2.22. The van der Waals surface area contributed by atoms with Crippen molar-refractivity contribution >= 4 is 17.5 Å². The Morgan fingerprint density at radius 1 is 1.41 bits per heavy atom. The van der Waals surface area contributed by atoms with Gasteiger partial charge in [0.2, 0.25) is 5.91 Å². The number of hydrogen-bond donors (Lipinski definition) is 4. The van der Waals surface area contributed by atoms with E-state index in [1.165, 1.54) is 18.2 Å². The molecule has 6 heteroatoms. The fourth-order valence-electron chi connectivity index (χ4n) is 1.52. The molecular weight excluding hydrogens is 246 g/mol. The number of amides is 1. The largest absolute Gasteiger partial charge is 0.392 e. The molecule has 0 spiro atoms. The maximum absolute atomic E-state index is 10.6. The van der Waals surface area contributed by atoms with Crippen LogP contribution in [0.4, 0.5) is 0 Å². The maximum Gasteiger partial charge on any atom is 0.220 e. The molecule has 0 saturated carbocycles. The zero-order valence-electron chi connectivity index (χ0n) is 9.01. The summed E-state index contributed by atoms with van der Waals surface area (Å²) in [6, 6.07) is 4.50. The van der Waals surface area contributed by atoms with Gasteiger partial charge in [-0.1, -0.05) is 17.7 Å². The Balaban J connectivity index is 2.94. The SMILES string of the molecule is NC(=O)CC(O)C(O)c1ccc(Cl)cc1CO. The number of primary amides is 1. The van der Waals surface area contributed by atoms with Gasteiger partial charge < -0.3 is 21.1 Å². The highest BCUT2D eigenvalue weighted by atomic mass is 35.5. The van der Waals surface area contributed by atoms with Gasteiger partial charge >= 0.3 is 0 Å². The quantitative estimate of drug-likeness (QED) is 0.602. The van der Waals surface area contributed by atoms with Gasteiger partial charge in [0.15, 0.2) is 0 Å². The zero-order valence-corrected chi connectivity index (χ0v) is 9.76. The minimum atomic E-state index is -1.31. The third-order valence-electron chi connectivity index (χ3n) is 2.37. The Hall–Kier alpha value is -1.14. The molecule has 0 aromatic heterocycles. The van der Waals surface area contributed by atoms with E-state index in [1.54, 1.807) is 0 Å². The number of carbonyl (C=O) groups excluding carboxylic acids is 1. The van der Waals surface area contributed by atoms with Crippen molar-refractivity contribution in [1.29, 1.82) is 0 Å². The molecule has 17 heavy (non-hydrogen) atoms. The first-order valence-corrected chi connectivity index (χ1v) is 5.37. The highest BCUT2D eigenvalue weighted by Crippen LogP contribution is 2.25. The third kappa shape index (κ3) is 3.67. The van der Waals surface area contributed by atoms with Crippen LogP contribution in [0.15, 0.2) is 18.2 Å². The van der Waals surface area contributed by atoms with Gasteiger partial charge in [-0.15, -0.1) is 0 Å². The van der Waals surface area contributed by atoms with Crippen molar-refractivity contribution in [1.82, 2.24) is 0 Å². The Morgan fingerprint density at radius 3 is 2.59 bits per heavy atom. The van der Waals surface area contributed by atoms with Crippen molar-refractivity contribution in [3.8, 4) is 0 Å². The maximum atomic E-state index is 10.6. The third-order valence-corrected chi connectivity index (χ3v) is 2.60. The Bertz CT molecular complexity index is 410. The summed E-state index contributed by atoms with van der Waals surface area (Å²) >= 11 is 5.73. The smallest absolute Gasteiger partial charge is 0.220 e. The van der Waals surface area contributed by atoms with Crippen molar-refractivity contribution in [3.05, 3.63) is 34.3 Å². The summed E-state index contributed by atoms with van der Waals surface area (Å²) in [5, 5.41) is 28.9. The van der Waals surface area contributed by atoms with Gasteiger partial charge in [0, 0.05) is 5.02 Å². The number of nitrogens with two attached hydrogens (primary N) is 1. The molecule has 1 amide bonds. The zero-order chi connectivity index (χ0) is 13.0. The highest BCUT2D eigenvalue weighted by molar-refractivity contribution is 6.30. The van der Waals surface area contributed by atoms with E-state index in [0.29, 0.717) is 16.1 Å². The molecule has 0 bridgehead atoms. The van der Waals surface area contributed by atoms with Gasteiger partial charge in [-0.2, -0.15) is 0 Å². The normalized spacial score (nSPS) is 14.4. The molecule has 94 valence electrons. The van der Waals surface area contributed by atoms with E-state index in [4.69, 9.17) is 22.4 Å². The van der Waals surface area contributed by atoms with E-state index in [-0.39, 0.29) is 13.0 Å². The summed E-state index contributed by atoms with van der Waals surface area (Å²) in [5.74, 6) is -0.712. The van der Waals surface area contributed by atoms with E-state index in [1.807, 2.05) is 0 Å². The molecule has 0 saturated heterocycles. The molecule has 0 aliphatic heterocycles. The second-order valence-electron chi connectivity index (χ2n) is 3.68. The summed E-state index contributed by atoms with van der Waals surface area (Å²) in [7, 11) is 0. The van der Waals surface area contributed by atoms with E-state index in [2.05, 4.69) is 0 Å². The van der Waals surface area contributed by atoms with Gasteiger partial charge in [-0.25, -0.2) is 0 Å². The molecule has 0 fully saturated rings. The van der Waals surface area contributed by atoms with Crippen LogP contribution in [0, 0.1) is 0 Å². The van der Waals surface area contributed by atoms with Crippen LogP contribution in [-0.2, 0) is 11.4 Å². The first kappa shape index (κ1) is 13.9. The number of hydrogen-bond acceptors (Lipinski definition) is 4. The first-order valence-electron chi connectivity index (χ1n) is 4.99. The molecule has 2 atom stereocenters. The lowest BCUT2D eigenvalue weighted by molar-refractivity contribution is -0.121. The standard InChI is InChI=1S/C11H14ClNO4/c12-7-1-2-8(6(3-7)5-14)11(17)9(15)4-10(13)16/h1-3,9,11,14-15,17H,4-5H2,(H2,13,16). The van der Waals surface area contributed by atoms with Crippen molar-refractivity contribution < 1.29 is 20.1 Å². The molecule has 1 rings (SSSR count). The van der Waals surface area contributed by atoms with Gasteiger partial charge in [0.1, 0.15) is 6.10 Å². The van der Waals surface area contributed by atoms with E-state index in [9.17, 15) is 15.0 Å². The molecule has 2 unspecified atom stereocenters. The number of rotatable bonds is 5. The Morgan fingerprint density at radius 2 is 2.06 bits per heavy atom. The lowest BCUT2D eigenvalue weighted by Gasteiger charge is -2.19. The molecule has 1 aromatic rings. The second kappa shape index (κ2) is 5.97. The van der Waals surface area contributed by atoms with Crippen LogP contribution in [0.1, 0.15) is 23.7 Å². The lowest BCUT2D eigenvalue weighted by Crippen LogP contribution is -2.26. The van der Waals surface area contributed by atoms with Gasteiger partial charge in [-0.05, 0) is 23.3 Å². The van der Waals surface area contributed by atoms with Gasteiger partial charge in [0.25, 0.3) is 0 Å². The Labute approximate surface area is 103 Å². The number of halogens is 1. The molecule has 0 radical (unpaired) electrons.